The van der Waals surface area contributed by atoms with E-state index in [2.05, 4.69) is 41.9 Å². The minimum absolute atomic E-state index is 0.153. The Morgan fingerprint density at radius 2 is 1.85 bits per heavy atom. The highest BCUT2D eigenvalue weighted by Gasteiger charge is 2.13. The smallest absolute Gasteiger partial charge is 0.251 e. The van der Waals surface area contributed by atoms with Crippen molar-refractivity contribution in [2.75, 3.05) is 13.7 Å². The van der Waals surface area contributed by atoms with Crippen LogP contribution < -0.4 is 14.8 Å². The fraction of sp³-hybridized carbons (Fsp3) is 0.286. The zero-order chi connectivity index (χ0) is 23.9. The number of hydrogen-bond acceptors (Lipinski definition) is 4. The Morgan fingerprint density at radius 3 is 2.68 bits per heavy atom. The Kier molecular flexibility index (Phi) is 7.48. The first-order chi connectivity index (χ1) is 16.5. The van der Waals surface area contributed by atoms with Crippen molar-refractivity contribution in [2.24, 2.45) is 0 Å². The first kappa shape index (κ1) is 23.4. The summed E-state index contributed by atoms with van der Waals surface area (Å²) in [6, 6.07) is 21.5. The van der Waals surface area contributed by atoms with Crippen LogP contribution in [0.1, 0.15) is 40.2 Å². The molecule has 0 fully saturated rings. The van der Waals surface area contributed by atoms with Gasteiger partial charge >= 0.3 is 0 Å². The van der Waals surface area contributed by atoms with Crippen LogP contribution >= 0.6 is 0 Å². The van der Waals surface area contributed by atoms with Crippen LogP contribution in [-0.4, -0.2) is 29.2 Å². The fourth-order valence-corrected chi connectivity index (χ4v) is 4.05. The number of ether oxygens (including phenoxy) is 2. The van der Waals surface area contributed by atoms with E-state index in [1.54, 1.807) is 19.2 Å². The molecule has 176 valence electrons. The highest BCUT2D eigenvalue weighted by atomic mass is 16.5. The number of imidazole rings is 1. The van der Waals surface area contributed by atoms with Gasteiger partial charge in [0.25, 0.3) is 5.91 Å². The van der Waals surface area contributed by atoms with Crippen LogP contribution in [0.15, 0.2) is 66.7 Å². The predicted molar refractivity (Wildman–Crippen MR) is 135 cm³/mol. The number of amides is 1. The van der Waals surface area contributed by atoms with E-state index < -0.39 is 0 Å². The minimum Gasteiger partial charge on any atom is -0.497 e. The maximum atomic E-state index is 12.7. The van der Waals surface area contributed by atoms with Crippen molar-refractivity contribution in [1.29, 1.82) is 0 Å². The van der Waals surface area contributed by atoms with Gasteiger partial charge in [0, 0.05) is 12.1 Å². The summed E-state index contributed by atoms with van der Waals surface area (Å²) in [5.41, 5.74) is 4.96. The molecule has 0 radical (unpaired) electrons. The van der Waals surface area contributed by atoms with Gasteiger partial charge in [-0.3, -0.25) is 4.79 Å². The molecule has 0 atom stereocenters. The molecule has 1 amide bonds. The predicted octanol–water partition coefficient (Wildman–Crippen LogP) is 5.45. The van der Waals surface area contributed by atoms with Crippen molar-refractivity contribution in [1.82, 2.24) is 14.9 Å². The molecule has 0 aliphatic carbocycles. The number of unbranched alkanes of at least 4 members (excludes halogenated alkanes) is 1. The molecule has 0 saturated carbocycles. The van der Waals surface area contributed by atoms with E-state index in [1.165, 1.54) is 5.56 Å². The number of hydrogen-bond donors (Lipinski definition) is 1. The van der Waals surface area contributed by atoms with E-state index in [4.69, 9.17) is 14.5 Å². The average Bonchev–Trinajstić information content (AvgIpc) is 3.21. The molecule has 4 rings (SSSR count). The van der Waals surface area contributed by atoms with Gasteiger partial charge in [0.1, 0.15) is 17.3 Å². The van der Waals surface area contributed by atoms with Gasteiger partial charge in [-0.15, -0.1) is 0 Å². The molecule has 0 spiro atoms. The van der Waals surface area contributed by atoms with E-state index in [0.29, 0.717) is 24.5 Å². The maximum Gasteiger partial charge on any atom is 0.251 e. The fourth-order valence-electron chi connectivity index (χ4n) is 4.05. The van der Waals surface area contributed by atoms with Crippen molar-refractivity contribution >= 4 is 16.9 Å². The maximum absolute atomic E-state index is 12.7. The molecule has 3 aromatic carbocycles. The molecular formula is C28H31N3O3. The van der Waals surface area contributed by atoms with Crippen LogP contribution in [-0.2, 0) is 13.1 Å². The van der Waals surface area contributed by atoms with Crippen LogP contribution in [0.2, 0.25) is 0 Å². The molecule has 34 heavy (non-hydrogen) atoms. The van der Waals surface area contributed by atoms with Crippen LogP contribution in [0.3, 0.4) is 0 Å². The van der Waals surface area contributed by atoms with Gasteiger partial charge in [-0.25, -0.2) is 4.98 Å². The lowest BCUT2D eigenvalue weighted by Gasteiger charge is -2.12. The molecule has 0 aliphatic heterocycles. The summed E-state index contributed by atoms with van der Waals surface area (Å²) in [6.45, 7) is 5.98. The Labute approximate surface area is 200 Å². The van der Waals surface area contributed by atoms with E-state index in [0.717, 1.165) is 47.6 Å². The van der Waals surface area contributed by atoms with Crippen molar-refractivity contribution in [3.63, 3.8) is 0 Å². The van der Waals surface area contributed by atoms with Crippen molar-refractivity contribution < 1.29 is 14.3 Å². The topological polar surface area (TPSA) is 65.4 Å². The molecule has 4 aromatic rings. The highest BCUT2D eigenvalue weighted by Crippen LogP contribution is 2.20. The summed E-state index contributed by atoms with van der Waals surface area (Å²) in [5, 5.41) is 3.00. The summed E-state index contributed by atoms with van der Waals surface area (Å²) >= 11 is 0. The minimum atomic E-state index is -0.153. The third-order valence-corrected chi connectivity index (χ3v) is 5.84. The zero-order valence-corrected chi connectivity index (χ0v) is 20.0. The molecule has 1 N–H and O–H groups in total. The molecule has 0 bridgehead atoms. The van der Waals surface area contributed by atoms with E-state index in [1.807, 2.05) is 36.4 Å². The van der Waals surface area contributed by atoms with E-state index in [-0.39, 0.29) is 5.91 Å². The number of fused-ring (bicyclic) bond motifs is 1. The zero-order valence-electron chi connectivity index (χ0n) is 20.0. The monoisotopic (exact) mass is 457 g/mol. The standard InChI is InChI=1S/C28H31N3O3/c1-20-13-14-26(21(2)17-20)34-16-7-6-15-31-25-12-5-4-11-24(25)30-27(31)19-29-28(32)22-9-8-10-23(18-22)33-3/h4-5,8-14,17-18H,6-7,15-16,19H2,1-3H3,(H,29,32). The number of nitrogens with one attached hydrogen (secondary N) is 1. The number of rotatable bonds is 10. The van der Waals surface area contributed by atoms with Gasteiger partial charge in [0.05, 0.1) is 31.3 Å². The quantitative estimate of drug-likeness (QED) is 0.322. The second-order valence-electron chi connectivity index (χ2n) is 8.41. The summed E-state index contributed by atoms with van der Waals surface area (Å²) < 4.78 is 13.4. The number of nitrogens with zero attached hydrogens (tertiary/aromatic N) is 2. The largest absolute Gasteiger partial charge is 0.497 e. The van der Waals surface area contributed by atoms with Gasteiger partial charge in [-0.1, -0.05) is 35.9 Å². The molecule has 1 aromatic heterocycles. The first-order valence-electron chi connectivity index (χ1n) is 11.6. The summed E-state index contributed by atoms with van der Waals surface area (Å²) in [7, 11) is 1.59. The third-order valence-electron chi connectivity index (χ3n) is 5.84. The van der Waals surface area contributed by atoms with Crippen LogP contribution in [0, 0.1) is 13.8 Å². The Hall–Kier alpha value is -3.80. The first-order valence-corrected chi connectivity index (χ1v) is 11.6. The van der Waals surface area contributed by atoms with Crippen LogP contribution in [0.4, 0.5) is 0 Å². The second kappa shape index (κ2) is 10.9. The number of benzene rings is 3. The molecule has 6 nitrogen and oxygen atoms in total. The van der Waals surface area contributed by atoms with Gasteiger partial charge in [-0.2, -0.15) is 0 Å². The van der Waals surface area contributed by atoms with Crippen molar-refractivity contribution in [2.45, 2.75) is 39.8 Å². The van der Waals surface area contributed by atoms with Crippen molar-refractivity contribution in [3.8, 4) is 11.5 Å². The highest BCUT2D eigenvalue weighted by molar-refractivity contribution is 5.94. The number of aromatic nitrogens is 2. The average molecular weight is 458 g/mol. The summed E-state index contributed by atoms with van der Waals surface area (Å²) in [4.78, 5) is 17.4. The number of carbonyl (C=O) groups is 1. The summed E-state index contributed by atoms with van der Waals surface area (Å²) in [6.07, 6.45) is 1.87. The third kappa shape index (κ3) is 5.57. The van der Waals surface area contributed by atoms with Crippen LogP contribution in [0.5, 0.6) is 11.5 Å². The van der Waals surface area contributed by atoms with Gasteiger partial charge < -0.3 is 19.4 Å². The number of aryl methyl sites for hydroxylation is 3. The Bertz CT molecular complexity index is 1280. The van der Waals surface area contributed by atoms with Gasteiger partial charge in [0.15, 0.2) is 0 Å². The number of para-hydroxylation sites is 2. The van der Waals surface area contributed by atoms with E-state index >= 15 is 0 Å². The second-order valence-corrected chi connectivity index (χ2v) is 8.41. The van der Waals surface area contributed by atoms with E-state index in [9.17, 15) is 4.79 Å². The normalized spacial score (nSPS) is 10.9. The lowest BCUT2D eigenvalue weighted by Crippen LogP contribution is -2.24. The van der Waals surface area contributed by atoms with Crippen molar-refractivity contribution in [3.05, 3.63) is 89.2 Å². The summed E-state index contributed by atoms with van der Waals surface area (Å²) in [5.74, 6) is 2.29. The molecule has 1 heterocycles. The van der Waals surface area contributed by atoms with Gasteiger partial charge in [-0.05, 0) is 68.7 Å². The molecule has 0 aliphatic rings. The number of carbonyl (C=O) groups excluding carboxylic acids is 1. The van der Waals surface area contributed by atoms with Crippen LogP contribution in [0.25, 0.3) is 11.0 Å². The SMILES string of the molecule is COc1cccc(C(=O)NCc2nc3ccccc3n2CCCCOc2ccc(C)cc2C)c1. The lowest BCUT2D eigenvalue weighted by molar-refractivity contribution is 0.0949. The van der Waals surface area contributed by atoms with Gasteiger partial charge in [0.2, 0.25) is 0 Å². The molecular weight excluding hydrogens is 426 g/mol. The molecule has 6 heteroatoms. The number of methoxy groups -OCH3 is 1. The Balaban J connectivity index is 1.38. The molecule has 0 unspecified atom stereocenters. The molecule has 0 saturated heterocycles. The Morgan fingerprint density at radius 1 is 1.00 bits per heavy atom. The lowest BCUT2D eigenvalue weighted by atomic mass is 10.1.